The lowest BCUT2D eigenvalue weighted by atomic mass is 9.96. The first kappa shape index (κ1) is 9.40. The highest BCUT2D eigenvalue weighted by atomic mass is 19.1. The highest BCUT2D eigenvalue weighted by Gasteiger charge is 2.34. The third-order valence-electron chi connectivity index (χ3n) is 2.64. The highest BCUT2D eigenvalue weighted by Crippen LogP contribution is 2.26. The average Bonchev–Trinajstić information content (AvgIpc) is 2.57. The van der Waals surface area contributed by atoms with Gasteiger partial charge in [0.15, 0.2) is 0 Å². The molecule has 14 heavy (non-hydrogen) atoms. The molecular formula is C10H14FN3. The summed E-state index contributed by atoms with van der Waals surface area (Å²) in [7, 11) is 0. The number of hydrogen-bond donors (Lipinski definition) is 2. The molecule has 0 bridgehead atoms. The summed E-state index contributed by atoms with van der Waals surface area (Å²) in [5.74, 6) is 0. The van der Waals surface area contributed by atoms with Gasteiger partial charge in [0, 0.05) is 31.0 Å². The molecule has 1 saturated heterocycles. The molecule has 0 aliphatic carbocycles. The molecule has 76 valence electrons. The number of hydrogen-bond acceptors (Lipinski definition) is 3. The topological polar surface area (TPSA) is 50.9 Å². The summed E-state index contributed by atoms with van der Waals surface area (Å²) in [5, 5.41) is 3.02. The molecule has 1 aliphatic rings. The molecule has 1 aromatic rings. The Labute approximate surface area is 82.5 Å². The van der Waals surface area contributed by atoms with Crippen LogP contribution in [0, 0.1) is 0 Å². The molecule has 1 aromatic heterocycles. The maximum absolute atomic E-state index is 14.0. The standard InChI is InChI=1S/C10H14FN3/c11-10(2-4-14-7-10)5-8-6-13-3-1-9(8)12/h1,3,6,14H,2,4-5,7H2,(H2,12,13). The van der Waals surface area contributed by atoms with Crippen molar-refractivity contribution in [3.05, 3.63) is 24.0 Å². The average molecular weight is 195 g/mol. The first-order valence-electron chi connectivity index (χ1n) is 4.78. The third kappa shape index (κ3) is 1.85. The van der Waals surface area contributed by atoms with Gasteiger partial charge >= 0.3 is 0 Å². The van der Waals surface area contributed by atoms with Crippen LogP contribution < -0.4 is 11.1 Å². The van der Waals surface area contributed by atoms with Crippen molar-refractivity contribution in [3.8, 4) is 0 Å². The molecule has 2 rings (SSSR count). The Morgan fingerprint density at radius 2 is 2.50 bits per heavy atom. The molecule has 1 unspecified atom stereocenters. The molecule has 0 saturated carbocycles. The van der Waals surface area contributed by atoms with Crippen molar-refractivity contribution in [2.45, 2.75) is 18.5 Å². The lowest BCUT2D eigenvalue weighted by molar-refractivity contribution is 0.190. The minimum atomic E-state index is -1.14. The van der Waals surface area contributed by atoms with Crippen molar-refractivity contribution in [2.75, 3.05) is 18.8 Å². The second-order valence-corrected chi connectivity index (χ2v) is 3.83. The molecule has 2 heterocycles. The third-order valence-corrected chi connectivity index (χ3v) is 2.64. The van der Waals surface area contributed by atoms with Crippen LogP contribution in [-0.4, -0.2) is 23.7 Å². The molecule has 0 aromatic carbocycles. The highest BCUT2D eigenvalue weighted by molar-refractivity contribution is 5.45. The van der Waals surface area contributed by atoms with Gasteiger partial charge in [-0.3, -0.25) is 4.98 Å². The van der Waals surface area contributed by atoms with Crippen molar-refractivity contribution in [1.29, 1.82) is 0 Å². The fraction of sp³-hybridized carbons (Fsp3) is 0.500. The van der Waals surface area contributed by atoms with Crippen LogP contribution in [0.1, 0.15) is 12.0 Å². The van der Waals surface area contributed by atoms with Crippen molar-refractivity contribution in [1.82, 2.24) is 10.3 Å². The quantitative estimate of drug-likeness (QED) is 0.737. The Balaban J connectivity index is 2.14. The Morgan fingerprint density at radius 1 is 1.64 bits per heavy atom. The molecule has 1 aliphatic heterocycles. The zero-order valence-electron chi connectivity index (χ0n) is 7.96. The van der Waals surface area contributed by atoms with Crippen molar-refractivity contribution in [2.24, 2.45) is 0 Å². The van der Waals surface area contributed by atoms with E-state index in [-0.39, 0.29) is 0 Å². The minimum Gasteiger partial charge on any atom is -0.398 e. The van der Waals surface area contributed by atoms with Gasteiger partial charge in [0.1, 0.15) is 5.67 Å². The van der Waals surface area contributed by atoms with E-state index in [4.69, 9.17) is 5.73 Å². The van der Waals surface area contributed by atoms with Crippen LogP contribution >= 0.6 is 0 Å². The van der Waals surface area contributed by atoms with Gasteiger partial charge in [0.05, 0.1) is 0 Å². The number of anilines is 1. The smallest absolute Gasteiger partial charge is 0.128 e. The molecule has 0 radical (unpaired) electrons. The number of nitrogens with zero attached hydrogens (tertiary/aromatic N) is 1. The van der Waals surface area contributed by atoms with Crippen LogP contribution in [0.2, 0.25) is 0 Å². The first-order valence-corrected chi connectivity index (χ1v) is 4.78. The number of nitrogen functional groups attached to an aromatic ring is 1. The number of pyridine rings is 1. The predicted molar refractivity (Wildman–Crippen MR) is 53.7 cm³/mol. The molecule has 4 heteroatoms. The van der Waals surface area contributed by atoms with E-state index in [1.165, 1.54) is 0 Å². The molecular weight excluding hydrogens is 181 g/mol. The van der Waals surface area contributed by atoms with Gasteiger partial charge in [-0.25, -0.2) is 4.39 Å². The zero-order valence-corrected chi connectivity index (χ0v) is 7.96. The summed E-state index contributed by atoms with van der Waals surface area (Å²) in [4.78, 5) is 3.95. The number of nitrogens with one attached hydrogen (secondary N) is 1. The van der Waals surface area contributed by atoms with Gasteiger partial charge in [-0.1, -0.05) is 0 Å². The van der Waals surface area contributed by atoms with E-state index in [1.807, 2.05) is 0 Å². The van der Waals surface area contributed by atoms with Crippen molar-refractivity contribution >= 4 is 5.69 Å². The Bertz CT molecular complexity index is 321. The largest absolute Gasteiger partial charge is 0.398 e. The maximum atomic E-state index is 14.0. The van der Waals surface area contributed by atoms with E-state index in [2.05, 4.69) is 10.3 Å². The van der Waals surface area contributed by atoms with Crippen LogP contribution in [0.15, 0.2) is 18.5 Å². The SMILES string of the molecule is Nc1ccncc1CC1(F)CCNC1. The van der Waals surface area contributed by atoms with E-state index < -0.39 is 5.67 Å². The summed E-state index contributed by atoms with van der Waals surface area (Å²) < 4.78 is 14.0. The summed E-state index contributed by atoms with van der Waals surface area (Å²) in [6.45, 7) is 1.16. The van der Waals surface area contributed by atoms with Gasteiger partial charge in [0.2, 0.25) is 0 Å². The summed E-state index contributed by atoms with van der Waals surface area (Å²) in [6, 6.07) is 1.71. The number of aromatic nitrogens is 1. The van der Waals surface area contributed by atoms with Crippen molar-refractivity contribution in [3.63, 3.8) is 0 Å². The molecule has 3 nitrogen and oxygen atoms in total. The molecule has 0 amide bonds. The van der Waals surface area contributed by atoms with Gasteiger partial charge in [0.25, 0.3) is 0 Å². The van der Waals surface area contributed by atoms with Crippen LogP contribution in [0.25, 0.3) is 0 Å². The van der Waals surface area contributed by atoms with E-state index in [0.29, 0.717) is 25.1 Å². The molecule has 1 atom stereocenters. The van der Waals surface area contributed by atoms with Gasteiger partial charge in [-0.15, -0.1) is 0 Å². The summed E-state index contributed by atoms with van der Waals surface area (Å²) in [5.41, 5.74) is 6.02. The number of halogens is 1. The van der Waals surface area contributed by atoms with E-state index in [0.717, 1.165) is 12.1 Å². The fourth-order valence-electron chi connectivity index (χ4n) is 1.79. The van der Waals surface area contributed by atoms with Crippen molar-refractivity contribution < 1.29 is 4.39 Å². The fourth-order valence-corrected chi connectivity index (χ4v) is 1.79. The van der Waals surface area contributed by atoms with Crippen LogP contribution in [0.5, 0.6) is 0 Å². The lowest BCUT2D eigenvalue weighted by Gasteiger charge is -2.18. The number of nitrogens with two attached hydrogens (primary N) is 1. The second-order valence-electron chi connectivity index (χ2n) is 3.83. The van der Waals surface area contributed by atoms with Crippen LogP contribution in [0.3, 0.4) is 0 Å². The second kappa shape index (κ2) is 3.53. The van der Waals surface area contributed by atoms with E-state index in [9.17, 15) is 4.39 Å². The first-order chi connectivity index (χ1) is 6.70. The Kier molecular flexibility index (Phi) is 2.37. The summed E-state index contributed by atoms with van der Waals surface area (Å²) in [6.07, 6.45) is 4.19. The monoisotopic (exact) mass is 195 g/mol. The molecule has 1 fully saturated rings. The van der Waals surface area contributed by atoms with Gasteiger partial charge < -0.3 is 11.1 Å². The Hall–Kier alpha value is -1.16. The number of rotatable bonds is 2. The van der Waals surface area contributed by atoms with Gasteiger partial charge in [-0.05, 0) is 24.6 Å². The number of alkyl halides is 1. The molecule has 3 N–H and O–H groups in total. The predicted octanol–water partition coefficient (Wildman–Crippen LogP) is 0.908. The summed E-state index contributed by atoms with van der Waals surface area (Å²) >= 11 is 0. The normalized spacial score (nSPS) is 26.6. The Morgan fingerprint density at radius 3 is 3.14 bits per heavy atom. The van der Waals surface area contributed by atoms with Crippen LogP contribution in [-0.2, 0) is 6.42 Å². The minimum absolute atomic E-state index is 0.361. The zero-order chi connectivity index (χ0) is 10.0. The van der Waals surface area contributed by atoms with Crippen LogP contribution in [0.4, 0.5) is 10.1 Å². The van der Waals surface area contributed by atoms with Gasteiger partial charge in [-0.2, -0.15) is 0 Å². The van der Waals surface area contributed by atoms with E-state index >= 15 is 0 Å². The maximum Gasteiger partial charge on any atom is 0.128 e. The lowest BCUT2D eigenvalue weighted by Crippen LogP contribution is -2.29. The molecule has 0 spiro atoms. The van der Waals surface area contributed by atoms with E-state index in [1.54, 1.807) is 18.5 Å².